The number of rotatable bonds is 4. The van der Waals surface area contributed by atoms with Crippen LogP contribution in [0.5, 0.6) is 5.75 Å². The van der Waals surface area contributed by atoms with Crippen molar-refractivity contribution in [3.05, 3.63) is 60.4 Å². The zero-order valence-corrected chi connectivity index (χ0v) is 10.8. The largest absolute Gasteiger partial charge is 0.485 e. The number of benzene rings is 1. The van der Waals surface area contributed by atoms with Crippen molar-refractivity contribution in [1.82, 2.24) is 9.97 Å². The van der Waals surface area contributed by atoms with Gasteiger partial charge in [0.2, 0.25) is 0 Å². The highest BCUT2D eigenvalue weighted by molar-refractivity contribution is 5.84. The van der Waals surface area contributed by atoms with Crippen LogP contribution in [0.1, 0.15) is 5.69 Å². The van der Waals surface area contributed by atoms with E-state index in [9.17, 15) is 0 Å². The minimum Gasteiger partial charge on any atom is -0.485 e. The number of ether oxygens (including phenoxy) is 1. The van der Waals surface area contributed by atoms with E-state index in [0.29, 0.717) is 12.4 Å². The van der Waals surface area contributed by atoms with E-state index in [2.05, 4.69) is 15.4 Å². The number of pyridine rings is 2. The first kappa shape index (κ1) is 12.4. The van der Waals surface area contributed by atoms with Gasteiger partial charge in [0.25, 0.3) is 0 Å². The molecule has 0 saturated carbocycles. The molecule has 1 aromatic carbocycles. The van der Waals surface area contributed by atoms with E-state index in [-0.39, 0.29) is 0 Å². The third kappa shape index (κ3) is 2.53. The molecule has 3 rings (SSSR count). The Morgan fingerprint density at radius 1 is 1.05 bits per heavy atom. The third-order valence-electron chi connectivity index (χ3n) is 2.93. The predicted octanol–water partition coefficient (Wildman–Crippen LogP) is 2.49. The molecule has 0 aliphatic rings. The van der Waals surface area contributed by atoms with Crippen molar-refractivity contribution < 1.29 is 4.74 Å². The Kier molecular flexibility index (Phi) is 3.43. The summed E-state index contributed by atoms with van der Waals surface area (Å²) in [5, 5.41) is 1.05. The number of anilines is 1. The van der Waals surface area contributed by atoms with Crippen LogP contribution >= 0.6 is 0 Å². The Morgan fingerprint density at radius 2 is 1.90 bits per heavy atom. The highest BCUT2D eigenvalue weighted by Gasteiger charge is 2.04. The highest BCUT2D eigenvalue weighted by atomic mass is 16.5. The maximum Gasteiger partial charge on any atom is 0.146 e. The van der Waals surface area contributed by atoms with Gasteiger partial charge in [-0.2, -0.15) is 0 Å². The van der Waals surface area contributed by atoms with E-state index in [0.717, 1.165) is 22.3 Å². The fourth-order valence-electron chi connectivity index (χ4n) is 1.98. The highest BCUT2D eigenvalue weighted by Crippen LogP contribution is 2.23. The van der Waals surface area contributed by atoms with E-state index in [1.807, 2.05) is 42.5 Å². The van der Waals surface area contributed by atoms with Crippen molar-refractivity contribution in [3.8, 4) is 5.75 Å². The summed E-state index contributed by atoms with van der Waals surface area (Å²) in [5.74, 6) is 6.70. The summed E-state index contributed by atoms with van der Waals surface area (Å²) in [6, 6.07) is 15.3. The van der Waals surface area contributed by atoms with Crippen LogP contribution in [0, 0.1) is 0 Å². The van der Waals surface area contributed by atoms with Gasteiger partial charge < -0.3 is 10.2 Å². The second-order valence-electron chi connectivity index (χ2n) is 4.28. The molecule has 0 saturated heterocycles. The molecule has 5 nitrogen and oxygen atoms in total. The summed E-state index contributed by atoms with van der Waals surface area (Å²) >= 11 is 0. The van der Waals surface area contributed by atoms with Gasteiger partial charge in [-0.3, -0.25) is 4.98 Å². The summed E-state index contributed by atoms with van der Waals surface area (Å²) < 4.78 is 5.81. The number of nitrogen functional groups attached to an aromatic ring is 1. The van der Waals surface area contributed by atoms with Crippen molar-refractivity contribution in [1.29, 1.82) is 0 Å². The topological polar surface area (TPSA) is 73.1 Å². The molecule has 0 atom stereocenters. The summed E-state index contributed by atoms with van der Waals surface area (Å²) in [4.78, 5) is 8.65. The number of hydrazine groups is 1. The van der Waals surface area contributed by atoms with Gasteiger partial charge in [0.15, 0.2) is 0 Å². The van der Waals surface area contributed by atoms with Crippen molar-refractivity contribution in [2.75, 3.05) is 5.43 Å². The van der Waals surface area contributed by atoms with Gasteiger partial charge in [-0.05, 0) is 24.3 Å². The number of para-hydroxylation sites is 1. The van der Waals surface area contributed by atoms with Crippen molar-refractivity contribution in [3.63, 3.8) is 0 Å². The molecule has 3 N–H and O–H groups in total. The van der Waals surface area contributed by atoms with E-state index >= 15 is 0 Å². The fraction of sp³-hybridized carbons (Fsp3) is 0.0667. The van der Waals surface area contributed by atoms with Crippen LogP contribution in [0.3, 0.4) is 0 Å². The molecular formula is C15H14N4O. The second kappa shape index (κ2) is 5.54. The monoisotopic (exact) mass is 266 g/mol. The Labute approximate surface area is 116 Å². The minimum absolute atomic E-state index is 0.366. The van der Waals surface area contributed by atoms with Crippen LogP contribution < -0.4 is 16.0 Å². The van der Waals surface area contributed by atoms with Crippen LogP contribution in [0.15, 0.2) is 54.7 Å². The van der Waals surface area contributed by atoms with Crippen LogP contribution in [0.2, 0.25) is 0 Å². The van der Waals surface area contributed by atoms with E-state index in [1.165, 1.54) is 0 Å². The number of fused-ring (bicyclic) bond motifs is 1. The number of nitrogens with zero attached hydrogens (tertiary/aromatic N) is 2. The zero-order chi connectivity index (χ0) is 13.8. The molecule has 0 fully saturated rings. The molecule has 0 aliphatic heterocycles. The Morgan fingerprint density at radius 3 is 2.80 bits per heavy atom. The van der Waals surface area contributed by atoms with E-state index in [4.69, 9.17) is 10.6 Å². The molecule has 5 heteroatoms. The molecule has 0 unspecified atom stereocenters. The Bertz CT molecular complexity index is 724. The average molecular weight is 266 g/mol. The first-order valence-electron chi connectivity index (χ1n) is 6.26. The van der Waals surface area contributed by atoms with E-state index in [1.54, 1.807) is 12.3 Å². The number of aromatic nitrogens is 2. The number of hydrogen-bond donors (Lipinski definition) is 2. The maximum atomic E-state index is 5.81. The lowest BCUT2D eigenvalue weighted by atomic mass is 10.2. The lowest BCUT2D eigenvalue weighted by Crippen LogP contribution is -2.09. The van der Waals surface area contributed by atoms with Gasteiger partial charge >= 0.3 is 0 Å². The Balaban J connectivity index is 1.83. The summed E-state index contributed by atoms with van der Waals surface area (Å²) in [7, 11) is 0. The van der Waals surface area contributed by atoms with Gasteiger partial charge in [0, 0.05) is 11.6 Å². The molecule has 100 valence electrons. The average Bonchev–Trinajstić information content (AvgIpc) is 2.53. The molecule has 2 aromatic heterocycles. The normalized spacial score (nSPS) is 10.4. The summed E-state index contributed by atoms with van der Waals surface area (Å²) in [6.07, 6.45) is 1.76. The van der Waals surface area contributed by atoms with Gasteiger partial charge in [-0.25, -0.2) is 10.8 Å². The van der Waals surface area contributed by atoms with Gasteiger partial charge in [0.05, 0.1) is 5.69 Å². The quantitative estimate of drug-likeness (QED) is 0.560. The molecule has 0 radical (unpaired) electrons. The number of nitrogens with one attached hydrogen (secondary N) is 1. The summed E-state index contributed by atoms with van der Waals surface area (Å²) in [5.41, 5.74) is 4.17. The fourth-order valence-corrected chi connectivity index (χ4v) is 1.98. The lowest BCUT2D eigenvalue weighted by molar-refractivity contribution is 0.304. The van der Waals surface area contributed by atoms with Crippen LogP contribution in [0.25, 0.3) is 10.9 Å². The third-order valence-corrected chi connectivity index (χ3v) is 2.93. The standard InChI is InChI=1S/C15H14N4O/c16-19-14-8-2-6-12(18-14)10-20-13-7-1-4-11-5-3-9-17-15(11)13/h1-9H,10,16H2,(H,18,19). The van der Waals surface area contributed by atoms with Crippen molar-refractivity contribution in [2.24, 2.45) is 5.84 Å². The smallest absolute Gasteiger partial charge is 0.146 e. The van der Waals surface area contributed by atoms with Gasteiger partial charge in [0.1, 0.15) is 23.7 Å². The minimum atomic E-state index is 0.366. The van der Waals surface area contributed by atoms with Gasteiger partial charge in [-0.1, -0.05) is 24.3 Å². The van der Waals surface area contributed by atoms with Crippen LogP contribution in [0.4, 0.5) is 5.82 Å². The first-order valence-corrected chi connectivity index (χ1v) is 6.26. The molecule has 0 spiro atoms. The van der Waals surface area contributed by atoms with Crippen molar-refractivity contribution in [2.45, 2.75) is 6.61 Å². The SMILES string of the molecule is NNc1cccc(COc2cccc3cccnc23)n1. The predicted molar refractivity (Wildman–Crippen MR) is 78.1 cm³/mol. The van der Waals surface area contributed by atoms with Crippen molar-refractivity contribution >= 4 is 16.7 Å². The molecule has 0 amide bonds. The molecule has 0 bridgehead atoms. The zero-order valence-electron chi connectivity index (χ0n) is 10.8. The summed E-state index contributed by atoms with van der Waals surface area (Å²) in [6.45, 7) is 0.366. The maximum absolute atomic E-state index is 5.81. The number of nitrogens with two attached hydrogens (primary N) is 1. The lowest BCUT2D eigenvalue weighted by Gasteiger charge is -2.09. The van der Waals surface area contributed by atoms with Gasteiger partial charge in [-0.15, -0.1) is 0 Å². The first-order chi connectivity index (χ1) is 9.86. The molecule has 20 heavy (non-hydrogen) atoms. The molecule has 3 aromatic rings. The molecule has 0 aliphatic carbocycles. The molecule has 2 heterocycles. The van der Waals surface area contributed by atoms with E-state index < -0.39 is 0 Å². The van der Waals surface area contributed by atoms with Crippen LogP contribution in [-0.4, -0.2) is 9.97 Å². The molecular weight excluding hydrogens is 252 g/mol. The van der Waals surface area contributed by atoms with Crippen LogP contribution in [-0.2, 0) is 6.61 Å². The number of hydrogen-bond acceptors (Lipinski definition) is 5. The second-order valence-corrected chi connectivity index (χ2v) is 4.28. The Hall–Kier alpha value is -2.66.